The van der Waals surface area contributed by atoms with Gasteiger partial charge in [-0.2, -0.15) is 0 Å². The van der Waals surface area contributed by atoms with E-state index in [1.165, 1.54) is 18.2 Å². The molecule has 1 aliphatic heterocycles. The summed E-state index contributed by atoms with van der Waals surface area (Å²) in [4.78, 5) is 17.5. The van der Waals surface area contributed by atoms with Crippen molar-refractivity contribution in [1.29, 1.82) is 0 Å². The van der Waals surface area contributed by atoms with E-state index in [1.807, 2.05) is 6.92 Å². The number of hydrogen-bond acceptors (Lipinski definition) is 4. The molecule has 0 aliphatic carbocycles. The van der Waals surface area contributed by atoms with E-state index in [1.54, 1.807) is 37.3 Å². The van der Waals surface area contributed by atoms with Gasteiger partial charge in [-0.25, -0.2) is 12.8 Å². The molecule has 2 N–H and O–H groups in total. The molecule has 0 saturated carbocycles. The second-order valence-electron chi connectivity index (χ2n) is 7.02. The number of amidine groups is 1. The summed E-state index contributed by atoms with van der Waals surface area (Å²) in [6.45, 7) is 3.77. The van der Waals surface area contributed by atoms with E-state index < -0.39 is 22.1 Å². The number of nitrogens with one attached hydrogen (secondary N) is 2. The summed E-state index contributed by atoms with van der Waals surface area (Å²) in [6.07, 6.45) is 2.11. The van der Waals surface area contributed by atoms with Crippen molar-refractivity contribution in [3.8, 4) is 0 Å². The van der Waals surface area contributed by atoms with Crippen LogP contribution in [-0.2, 0) is 14.8 Å². The van der Waals surface area contributed by atoms with Gasteiger partial charge in [0.1, 0.15) is 17.7 Å². The summed E-state index contributed by atoms with van der Waals surface area (Å²) in [6, 6.07) is 11.4. The van der Waals surface area contributed by atoms with Crippen molar-refractivity contribution in [3.05, 3.63) is 65.5 Å². The number of sulfonamides is 1. The van der Waals surface area contributed by atoms with Gasteiger partial charge in [-0.1, -0.05) is 44.0 Å². The number of rotatable bonds is 7. The quantitative estimate of drug-likeness (QED) is 0.725. The van der Waals surface area contributed by atoms with Crippen molar-refractivity contribution in [1.82, 2.24) is 10.0 Å². The van der Waals surface area contributed by atoms with E-state index in [0.29, 0.717) is 17.5 Å². The van der Waals surface area contributed by atoms with Crippen LogP contribution < -0.4 is 10.0 Å². The van der Waals surface area contributed by atoms with Crippen molar-refractivity contribution in [2.45, 2.75) is 50.1 Å². The number of halogens is 1. The molecule has 1 amide bonds. The van der Waals surface area contributed by atoms with Crippen LogP contribution in [0.15, 0.2) is 58.4 Å². The molecular formula is C21H24FN3O3S. The van der Waals surface area contributed by atoms with Crippen LogP contribution in [0.1, 0.15) is 50.3 Å². The fourth-order valence-electron chi connectivity index (χ4n) is 3.21. The van der Waals surface area contributed by atoms with Gasteiger partial charge in [-0.3, -0.25) is 14.5 Å². The summed E-state index contributed by atoms with van der Waals surface area (Å²) in [5, 5.41) is 2.86. The maximum atomic E-state index is 13.5. The molecule has 0 bridgehead atoms. The van der Waals surface area contributed by atoms with Crippen LogP contribution in [0, 0.1) is 5.82 Å². The fraction of sp³-hybridized carbons (Fsp3) is 0.333. The Hall–Kier alpha value is -2.74. The highest BCUT2D eigenvalue weighted by Gasteiger charge is 2.32. The summed E-state index contributed by atoms with van der Waals surface area (Å²) in [7, 11) is -3.67. The smallest absolute Gasteiger partial charge is 0.263 e. The summed E-state index contributed by atoms with van der Waals surface area (Å²) >= 11 is 0. The zero-order valence-corrected chi connectivity index (χ0v) is 17.2. The van der Waals surface area contributed by atoms with Crippen LogP contribution in [0.4, 0.5) is 4.39 Å². The van der Waals surface area contributed by atoms with Crippen molar-refractivity contribution in [3.63, 3.8) is 0 Å². The van der Waals surface area contributed by atoms with Crippen LogP contribution >= 0.6 is 0 Å². The highest BCUT2D eigenvalue weighted by Crippen LogP contribution is 2.23. The fourth-order valence-corrected chi connectivity index (χ4v) is 4.45. The Labute approximate surface area is 170 Å². The number of carbonyl (C=O) groups excluding carboxylic acids is 1. The molecule has 0 saturated heterocycles. The van der Waals surface area contributed by atoms with Crippen LogP contribution in [0.5, 0.6) is 0 Å². The first-order chi connectivity index (χ1) is 13.8. The molecule has 0 spiro atoms. The molecule has 2 aromatic rings. The molecule has 154 valence electrons. The molecule has 8 heteroatoms. The van der Waals surface area contributed by atoms with E-state index in [4.69, 9.17) is 0 Å². The minimum absolute atomic E-state index is 0.154. The summed E-state index contributed by atoms with van der Waals surface area (Å²) < 4.78 is 40.5. The number of carbonyl (C=O) groups is 1. The molecule has 2 aromatic carbocycles. The van der Waals surface area contributed by atoms with E-state index in [9.17, 15) is 17.6 Å². The molecule has 3 rings (SSSR count). The number of hydrogen-bond donors (Lipinski definition) is 2. The molecule has 0 aromatic heterocycles. The Balaban J connectivity index is 1.85. The summed E-state index contributed by atoms with van der Waals surface area (Å²) in [5.41, 5.74) is 1.10. The van der Waals surface area contributed by atoms with Gasteiger partial charge in [0, 0.05) is 5.56 Å². The first-order valence-electron chi connectivity index (χ1n) is 9.57. The molecule has 2 unspecified atom stereocenters. The van der Waals surface area contributed by atoms with Gasteiger partial charge in [0.25, 0.3) is 10.0 Å². The van der Waals surface area contributed by atoms with Crippen LogP contribution in [0.25, 0.3) is 0 Å². The standard InChI is InChI=1S/C21H24FN3O3S/c1-3-4-11-18(21(26)23-14(2)15-8-7-9-16(22)13-15)24-20-17-10-5-6-12-19(17)29(27,28)25-20/h5-10,12-14,18H,3-4,11H2,1-2H3,(H,23,26)(H,24,25). The lowest BCUT2D eigenvalue weighted by Gasteiger charge is -2.19. The maximum Gasteiger partial charge on any atom is 0.263 e. The minimum Gasteiger partial charge on any atom is -0.348 e. The maximum absolute atomic E-state index is 13.5. The Morgan fingerprint density at radius 1 is 1.21 bits per heavy atom. The lowest BCUT2D eigenvalue weighted by atomic mass is 10.1. The molecule has 2 atom stereocenters. The first-order valence-corrected chi connectivity index (χ1v) is 11.1. The number of fused-ring (bicyclic) bond motifs is 1. The van der Waals surface area contributed by atoms with Gasteiger partial charge in [-0.05, 0) is 43.2 Å². The Bertz CT molecular complexity index is 1040. The van der Waals surface area contributed by atoms with Crippen LogP contribution in [-0.4, -0.2) is 26.2 Å². The molecule has 29 heavy (non-hydrogen) atoms. The minimum atomic E-state index is -3.67. The molecule has 1 heterocycles. The van der Waals surface area contributed by atoms with Crippen LogP contribution in [0.3, 0.4) is 0 Å². The Morgan fingerprint density at radius 2 is 1.97 bits per heavy atom. The first kappa shape index (κ1) is 21.0. The third-order valence-electron chi connectivity index (χ3n) is 4.79. The average Bonchev–Trinajstić information content (AvgIpc) is 2.95. The van der Waals surface area contributed by atoms with Gasteiger partial charge in [0.2, 0.25) is 5.91 Å². The van der Waals surface area contributed by atoms with Gasteiger partial charge in [0.15, 0.2) is 0 Å². The number of amides is 1. The highest BCUT2D eigenvalue weighted by atomic mass is 32.2. The monoisotopic (exact) mass is 417 g/mol. The molecule has 6 nitrogen and oxygen atoms in total. The number of benzene rings is 2. The van der Waals surface area contributed by atoms with E-state index >= 15 is 0 Å². The average molecular weight is 418 g/mol. The summed E-state index contributed by atoms with van der Waals surface area (Å²) in [5.74, 6) is -0.523. The zero-order valence-electron chi connectivity index (χ0n) is 16.4. The Kier molecular flexibility index (Phi) is 6.32. The zero-order chi connectivity index (χ0) is 21.0. The van der Waals surface area contributed by atoms with Gasteiger partial charge < -0.3 is 5.32 Å². The molecule has 1 aliphatic rings. The normalized spacial score (nSPS) is 18.0. The highest BCUT2D eigenvalue weighted by molar-refractivity contribution is 7.90. The van der Waals surface area contributed by atoms with Gasteiger partial charge >= 0.3 is 0 Å². The number of unbranched alkanes of at least 4 members (excludes halogenated alkanes) is 1. The predicted octanol–water partition coefficient (Wildman–Crippen LogP) is 3.30. The molecular weight excluding hydrogens is 393 g/mol. The number of aliphatic imine (C=N–C) groups is 1. The second kappa shape index (κ2) is 8.73. The SMILES string of the molecule is CCCCC(N=C1NS(=O)(=O)c2ccccc21)C(=O)NC(C)c1cccc(F)c1. The number of nitrogens with zero attached hydrogens (tertiary/aromatic N) is 1. The Morgan fingerprint density at radius 3 is 2.69 bits per heavy atom. The largest absolute Gasteiger partial charge is 0.348 e. The lowest BCUT2D eigenvalue weighted by molar-refractivity contribution is -0.123. The molecule has 0 radical (unpaired) electrons. The van der Waals surface area contributed by atoms with E-state index in [2.05, 4.69) is 15.0 Å². The van der Waals surface area contributed by atoms with Crippen molar-refractivity contribution < 1.29 is 17.6 Å². The lowest BCUT2D eigenvalue weighted by Crippen LogP contribution is -2.37. The van der Waals surface area contributed by atoms with Crippen molar-refractivity contribution >= 4 is 21.8 Å². The van der Waals surface area contributed by atoms with Crippen LogP contribution in [0.2, 0.25) is 0 Å². The third kappa shape index (κ3) is 4.82. The van der Waals surface area contributed by atoms with E-state index in [0.717, 1.165) is 12.8 Å². The van der Waals surface area contributed by atoms with Gasteiger partial charge in [0.05, 0.1) is 10.9 Å². The van der Waals surface area contributed by atoms with E-state index in [-0.39, 0.29) is 22.5 Å². The third-order valence-corrected chi connectivity index (χ3v) is 6.19. The van der Waals surface area contributed by atoms with Gasteiger partial charge in [-0.15, -0.1) is 0 Å². The second-order valence-corrected chi connectivity index (χ2v) is 8.67. The predicted molar refractivity (Wildman–Crippen MR) is 110 cm³/mol. The topological polar surface area (TPSA) is 87.6 Å². The van der Waals surface area contributed by atoms with Crippen molar-refractivity contribution in [2.24, 2.45) is 4.99 Å². The van der Waals surface area contributed by atoms with Crippen molar-refractivity contribution in [2.75, 3.05) is 0 Å². The molecule has 0 fully saturated rings.